The van der Waals surface area contributed by atoms with E-state index in [0.717, 1.165) is 15.4 Å². The first-order chi connectivity index (χ1) is 11.6. The van der Waals surface area contributed by atoms with Gasteiger partial charge in [0.2, 0.25) is 5.88 Å². The first kappa shape index (κ1) is 16.6. The molecule has 0 fully saturated rings. The predicted octanol–water partition coefficient (Wildman–Crippen LogP) is 3.98. The Labute approximate surface area is 148 Å². The van der Waals surface area contributed by atoms with Crippen molar-refractivity contribution in [2.75, 3.05) is 0 Å². The van der Waals surface area contributed by atoms with Crippen LogP contribution < -0.4 is 10.1 Å². The topological polar surface area (TPSA) is 64.1 Å². The molecule has 3 heterocycles. The predicted molar refractivity (Wildman–Crippen MR) is 96.6 cm³/mol. The van der Waals surface area contributed by atoms with Crippen molar-refractivity contribution in [1.82, 2.24) is 15.3 Å². The molecule has 0 aliphatic carbocycles. The molecule has 0 bridgehead atoms. The second-order valence-electron chi connectivity index (χ2n) is 5.36. The molecule has 0 radical (unpaired) electrons. The Morgan fingerprint density at radius 2 is 2.12 bits per heavy atom. The fourth-order valence-electron chi connectivity index (χ4n) is 1.99. The number of rotatable bonds is 6. The summed E-state index contributed by atoms with van der Waals surface area (Å²) in [6, 6.07) is 7.68. The van der Waals surface area contributed by atoms with Crippen LogP contribution in [-0.4, -0.2) is 22.0 Å². The first-order valence-electron chi connectivity index (χ1n) is 7.51. The summed E-state index contributed by atoms with van der Waals surface area (Å²) in [5.74, 6) is 0.459. The van der Waals surface area contributed by atoms with Gasteiger partial charge >= 0.3 is 0 Å². The van der Waals surface area contributed by atoms with Crippen LogP contribution in [0.15, 0.2) is 42.0 Å². The number of thiazole rings is 1. The summed E-state index contributed by atoms with van der Waals surface area (Å²) in [6.07, 6.45) is 3.42. The van der Waals surface area contributed by atoms with Crippen LogP contribution in [0.1, 0.15) is 29.1 Å². The average molecular weight is 359 g/mol. The molecule has 0 spiro atoms. The van der Waals surface area contributed by atoms with Gasteiger partial charge in [-0.1, -0.05) is 12.1 Å². The minimum Gasteiger partial charge on any atom is -0.475 e. The molecule has 1 amide bonds. The summed E-state index contributed by atoms with van der Waals surface area (Å²) in [7, 11) is 0. The Hall–Kier alpha value is -2.25. The van der Waals surface area contributed by atoms with E-state index >= 15 is 0 Å². The summed E-state index contributed by atoms with van der Waals surface area (Å²) in [5, 5.41) is 5.75. The molecule has 0 unspecified atom stereocenters. The van der Waals surface area contributed by atoms with Crippen LogP contribution in [-0.2, 0) is 6.54 Å². The van der Waals surface area contributed by atoms with E-state index in [1.807, 2.05) is 43.5 Å². The van der Waals surface area contributed by atoms with Crippen LogP contribution in [0.4, 0.5) is 0 Å². The van der Waals surface area contributed by atoms with Crippen LogP contribution in [0.25, 0.3) is 9.88 Å². The Bertz CT molecular complexity index is 796. The summed E-state index contributed by atoms with van der Waals surface area (Å²) in [5.41, 5.74) is 0.919. The molecular formula is C17H17N3O2S2. The van der Waals surface area contributed by atoms with Crippen LogP contribution in [0, 0.1) is 0 Å². The number of aromatic nitrogens is 2. The molecule has 7 heteroatoms. The zero-order valence-electron chi connectivity index (χ0n) is 13.4. The molecule has 0 atom stereocenters. The largest absolute Gasteiger partial charge is 0.475 e. The van der Waals surface area contributed by atoms with Gasteiger partial charge in [-0.2, -0.15) is 0 Å². The van der Waals surface area contributed by atoms with Crippen molar-refractivity contribution in [1.29, 1.82) is 0 Å². The number of ether oxygens (including phenoxy) is 1. The molecule has 5 nitrogen and oxygen atoms in total. The van der Waals surface area contributed by atoms with E-state index in [1.165, 1.54) is 11.3 Å². The molecule has 1 N–H and O–H groups in total. The second kappa shape index (κ2) is 7.55. The Morgan fingerprint density at radius 1 is 1.25 bits per heavy atom. The van der Waals surface area contributed by atoms with Gasteiger partial charge in [0.05, 0.1) is 17.2 Å². The van der Waals surface area contributed by atoms with E-state index in [-0.39, 0.29) is 12.0 Å². The van der Waals surface area contributed by atoms with E-state index in [2.05, 4.69) is 15.3 Å². The maximum Gasteiger partial charge on any atom is 0.263 e. The number of carbonyl (C=O) groups excluding carboxylic acids is 1. The second-order valence-corrected chi connectivity index (χ2v) is 7.34. The van der Waals surface area contributed by atoms with Crippen molar-refractivity contribution in [2.45, 2.75) is 26.5 Å². The highest BCUT2D eigenvalue weighted by Gasteiger charge is 2.12. The minimum absolute atomic E-state index is 0.0897. The van der Waals surface area contributed by atoms with Crippen LogP contribution in [0.3, 0.4) is 0 Å². The van der Waals surface area contributed by atoms with Gasteiger partial charge in [0.25, 0.3) is 5.91 Å². The van der Waals surface area contributed by atoms with E-state index in [9.17, 15) is 4.79 Å². The molecule has 0 saturated heterocycles. The number of hydrogen-bond acceptors (Lipinski definition) is 6. The zero-order valence-corrected chi connectivity index (χ0v) is 15.0. The Balaban J connectivity index is 1.57. The third kappa shape index (κ3) is 4.18. The quantitative estimate of drug-likeness (QED) is 0.723. The fourth-order valence-corrected chi connectivity index (χ4v) is 3.63. The lowest BCUT2D eigenvalue weighted by Gasteiger charge is -2.09. The average Bonchev–Trinajstić information content (AvgIpc) is 3.24. The number of nitrogens with zero attached hydrogens (tertiary/aromatic N) is 2. The number of pyridine rings is 1. The van der Waals surface area contributed by atoms with E-state index in [1.54, 1.807) is 23.7 Å². The molecule has 3 rings (SSSR count). The number of amides is 1. The summed E-state index contributed by atoms with van der Waals surface area (Å²) < 4.78 is 5.50. The Morgan fingerprint density at radius 3 is 2.79 bits per heavy atom. The van der Waals surface area contributed by atoms with Gasteiger partial charge < -0.3 is 10.1 Å². The first-order valence-corrected chi connectivity index (χ1v) is 9.21. The third-order valence-electron chi connectivity index (χ3n) is 3.07. The van der Waals surface area contributed by atoms with Crippen LogP contribution in [0.2, 0.25) is 0 Å². The van der Waals surface area contributed by atoms with Gasteiger partial charge in [-0.15, -0.1) is 22.7 Å². The molecule has 0 aliphatic heterocycles. The summed E-state index contributed by atoms with van der Waals surface area (Å²) in [6.45, 7) is 4.32. The lowest BCUT2D eigenvalue weighted by molar-refractivity contribution is 0.0954. The lowest BCUT2D eigenvalue weighted by Crippen LogP contribution is -2.21. The molecule has 124 valence electrons. The number of hydrogen-bond donors (Lipinski definition) is 1. The number of carbonyl (C=O) groups is 1. The third-order valence-corrected chi connectivity index (χ3v) is 5.10. The monoisotopic (exact) mass is 359 g/mol. The van der Waals surface area contributed by atoms with E-state index in [0.29, 0.717) is 17.3 Å². The van der Waals surface area contributed by atoms with E-state index < -0.39 is 0 Å². The van der Waals surface area contributed by atoms with Gasteiger partial charge in [0.1, 0.15) is 9.88 Å². The molecular weight excluding hydrogens is 342 g/mol. The minimum atomic E-state index is -0.127. The van der Waals surface area contributed by atoms with Crippen LogP contribution in [0.5, 0.6) is 5.88 Å². The van der Waals surface area contributed by atoms with Crippen molar-refractivity contribution in [3.8, 4) is 15.8 Å². The molecule has 24 heavy (non-hydrogen) atoms. The fraction of sp³-hybridized carbons (Fsp3) is 0.235. The van der Waals surface area contributed by atoms with E-state index in [4.69, 9.17) is 4.74 Å². The van der Waals surface area contributed by atoms with Gasteiger partial charge in [-0.05, 0) is 30.9 Å². The maximum absolute atomic E-state index is 12.2. The highest BCUT2D eigenvalue weighted by molar-refractivity contribution is 7.21. The molecule has 3 aromatic heterocycles. The van der Waals surface area contributed by atoms with Crippen molar-refractivity contribution >= 4 is 28.6 Å². The van der Waals surface area contributed by atoms with Crippen molar-refractivity contribution < 1.29 is 9.53 Å². The number of nitrogens with one attached hydrogen (secondary N) is 1. The molecule has 0 aromatic carbocycles. The molecule has 0 saturated carbocycles. The smallest absolute Gasteiger partial charge is 0.263 e. The lowest BCUT2D eigenvalue weighted by atomic mass is 10.3. The van der Waals surface area contributed by atoms with Crippen molar-refractivity contribution in [2.24, 2.45) is 0 Å². The van der Waals surface area contributed by atoms with Crippen molar-refractivity contribution in [3.63, 3.8) is 0 Å². The van der Waals surface area contributed by atoms with Gasteiger partial charge in [0, 0.05) is 18.8 Å². The normalized spacial score (nSPS) is 10.8. The Kier molecular flexibility index (Phi) is 5.22. The standard InChI is InChI=1S/C17H17N3O2S2/c1-11(2)22-15-6-5-12(8-18-15)9-19-16(21)14-10-20-17(24-14)13-4-3-7-23-13/h3-8,10-11H,9H2,1-2H3,(H,19,21). The highest BCUT2D eigenvalue weighted by atomic mass is 32.1. The maximum atomic E-state index is 12.2. The zero-order chi connectivity index (χ0) is 16.9. The summed E-state index contributed by atoms with van der Waals surface area (Å²) >= 11 is 3.01. The van der Waals surface area contributed by atoms with Crippen LogP contribution >= 0.6 is 22.7 Å². The molecule has 0 aliphatic rings. The van der Waals surface area contributed by atoms with Gasteiger partial charge in [0.15, 0.2) is 0 Å². The highest BCUT2D eigenvalue weighted by Crippen LogP contribution is 2.28. The van der Waals surface area contributed by atoms with Gasteiger partial charge in [-0.25, -0.2) is 9.97 Å². The van der Waals surface area contributed by atoms with Crippen molar-refractivity contribution in [3.05, 3.63) is 52.5 Å². The SMILES string of the molecule is CC(C)Oc1ccc(CNC(=O)c2cnc(-c3cccs3)s2)cn1. The number of thiophene rings is 1. The van der Waals surface area contributed by atoms with Gasteiger partial charge in [-0.3, -0.25) is 4.79 Å². The summed E-state index contributed by atoms with van der Waals surface area (Å²) in [4.78, 5) is 22.4. The molecule has 3 aromatic rings.